The van der Waals surface area contributed by atoms with E-state index in [2.05, 4.69) is 95.3 Å². The SMILES string of the molecule is COC(Oc1ccc(C(CC(C)(C)I)C(C)C)cc1)C(C)(C)C. The Morgan fingerprint density at radius 3 is 1.87 bits per heavy atom. The molecule has 0 amide bonds. The molecule has 132 valence electrons. The molecule has 0 aliphatic carbocycles. The zero-order valence-electron chi connectivity index (χ0n) is 15.9. The first kappa shape index (κ1) is 20.8. The molecule has 1 rings (SSSR count). The van der Waals surface area contributed by atoms with Gasteiger partial charge < -0.3 is 9.47 Å². The van der Waals surface area contributed by atoms with Crippen LogP contribution in [0.2, 0.25) is 0 Å². The van der Waals surface area contributed by atoms with Crippen molar-refractivity contribution in [2.45, 2.75) is 70.5 Å². The minimum Gasteiger partial charge on any atom is -0.464 e. The van der Waals surface area contributed by atoms with E-state index in [1.54, 1.807) is 7.11 Å². The Balaban J connectivity index is 2.89. The average molecular weight is 432 g/mol. The maximum atomic E-state index is 6.00. The summed E-state index contributed by atoms with van der Waals surface area (Å²) in [7, 11) is 1.70. The molecule has 1 aromatic rings. The van der Waals surface area contributed by atoms with E-state index < -0.39 is 0 Å². The fourth-order valence-corrected chi connectivity index (χ4v) is 3.23. The van der Waals surface area contributed by atoms with Crippen LogP contribution in [0.25, 0.3) is 0 Å². The van der Waals surface area contributed by atoms with E-state index in [9.17, 15) is 0 Å². The fourth-order valence-electron chi connectivity index (χ4n) is 2.76. The Labute approximate surface area is 156 Å². The number of rotatable bonds is 7. The average Bonchev–Trinajstić information content (AvgIpc) is 2.40. The van der Waals surface area contributed by atoms with Gasteiger partial charge >= 0.3 is 0 Å². The van der Waals surface area contributed by atoms with Crippen LogP contribution in [0, 0.1) is 11.3 Å². The van der Waals surface area contributed by atoms with Crippen molar-refractivity contribution in [1.29, 1.82) is 0 Å². The molecule has 0 saturated heterocycles. The molecular formula is C20H33IO2. The molecule has 0 saturated carbocycles. The Kier molecular flexibility index (Phi) is 7.39. The lowest BCUT2D eigenvalue weighted by atomic mass is 9.82. The van der Waals surface area contributed by atoms with Crippen LogP contribution in [0.5, 0.6) is 5.75 Å². The molecule has 1 aromatic carbocycles. The van der Waals surface area contributed by atoms with E-state index in [0.29, 0.717) is 15.3 Å². The van der Waals surface area contributed by atoms with Crippen LogP contribution in [0.1, 0.15) is 66.4 Å². The van der Waals surface area contributed by atoms with Gasteiger partial charge in [-0.05, 0) is 36.0 Å². The van der Waals surface area contributed by atoms with E-state index in [4.69, 9.17) is 9.47 Å². The third kappa shape index (κ3) is 7.00. The summed E-state index contributed by atoms with van der Waals surface area (Å²) in [5.41, 5.74) is 1.33. The first-order valence-electron chi connectivity index (χ1n) is 8.42. The maximum absolute atomic E-state index is 6.00. The van der Waals surface area contributed by atoms with Gasteiger partial charge in [-0.25, -0.2) is 0 Å². The summed E-state index contributed by atoms with van der Waals surface area (Å²) in [6, 6.07) is 8.56. The second-order valence-corrected chi connectivity index (χ2v) is 11.3. The van der Waals surface area contributed by atoms with Crippen molar-refractivity contribution >= 4 is 22.6 Å². The Bertz CT molecular complexity index is 466. The molecule has 3 heteroatoms. The van der Waals surface area contributed by atoms with Crippen molar-refractivity contribution in [2.24, 2.45) is 11.3 Å². The summed E-state index contributed by atoms with van der Waals surface area (Å²) in [6.45, 7) is 15.6. The smallest absolute Gasteiger partial charge is 0.204 e. The van der Waals surface area contributed by atoms with Gasteiger partial charge in [-0.2, -0.15) is 0 Å². The van der Waals surface area contributed by atoms with Gasteiger partial charge in [0.1, 0.15) is 5.75 Å². The third-order valence-corrected chi connectivity index (χ3v) is 4.42. The van der Waals surface area contributed by atoms with Gasteiger partial charge in [-0.3, -0.25) is 0 Å². The van der Waals surface area contributed by atoms with Crippen molar-refractivity contribution in [3.63, 3.8) is 0 Å². The van der Waals surface area contributed by atoms with E-state index >= 15 is 0 Å². The number of halogens is 1. The lowest BCUT2D eigenvalue weighted by Gasteiger charge is -2.30. The molecule has 2 nitrogen and oxygen atoms in total. The van der Waals surface area contributed by atoms with Crippen LogP contribution in [-0.2, 0) is 4.74 Å². The van der Waals surface area contributed by atoms with Crippen molar-refractivity contribution in [1.82, 2.24) is 0 Å². The highest BCUT2D eigenvalue weighted by Gasteiger charge is 2.27. The predicted molar refractivity (Wildman–Crippen MR) is 108 cm³/mol. The van der Waals surface area contributed by atoms with Crippen LogP contribution in [0.3, 0.4) is 0 Å². The van der Waals surface area contributed by atoms with E-state index in [-0.39, 0.29) is 11.7 Å². The predicted octanol–water partition coefficient (Wildman–Crippen LogP) is 6.43. The van der Waals surface area contributed by atoms with E-state index in [1.165, 1.54) is 12.0 Å². The van der Waals surface area contributed by atoms with Crippen LogP contribution in [-0.4, -0.2) is 16.8 Å². The number of hydrogen-bond acceptors (Lipinski definition) is 2. The van der Waals surface area contributed by atoms with Gasteiger partial charge in [0.2, 0.25) is 6.29 Å². The summed E-state index contributed by atoms with van der Waals surface area (Å²) in [4.78, 5) is 0. The normalized spacial score (nSPS) is 15.6. The molecule has 0 spiro atoms. The summed E-state index contributed by atoms with van der Waals surface area (Å²) in [6.07, 6.45) is 0.927. The number of ether oxygens (including phenoxy) is 2. The Morgan fingerprint density at radius 1 is 1.00 bits per heavy atom. The first-order valence-corrected chi connectivity index (χ1v) is 9.50. The minimum atomic E-state index is -0.248. The molecule has 0 aliphatic heterocycles. The van der Waals surface area contributed by atoms with Crippen molar-refractivity contribution < 1.29 is 9.47 Å². The van der Waals surface area contributed by atoms with Gasteiger partial charge in [-0.1, -0.05) is 83.2 Å². The van der Waals surface area contributed by atoms with Crippen LogP contribution in [0.15, 0.2) is 24.3 Å². The number of benzene rings is 1. The van der Waals surface area contributed by atoms with Crippen LogP contribution in [0.4, 0.5) is 0 Å². The van der Waals surface area contributed by atoms with E-state index in [1.807, 2.05) is 0 Å². The lowest BCUT2D eigenvalue weighted by Crippen LogP contribution is -2.33. The van der Waals surface area contributed by atoms with Crippen molar-refractivity contribution in [2.75, 3.05) is 7.11 Å². The van der Waals surface area contributed by atoms with E-state index in [0.717, 1.165) is 5.75 Å². The van der Waals surface area contributed by atoms with Crippen LogP contribution < -0.4 is 4.74 Å². The second-order valence-electron chi connectivity index (χ2n) is 8.39. The number of hydrogen-bond donors (Lipinski definition) is 0. The largest absolute Gasteiger partial charge is 0.464 e. The molecule has 0 fully saturated rings. The fraction of sp³-hybridized carbons (Fsp3) is 0.700. The van der Waals surface area contributed by atoms with Crippen LogP contribution >= 0.6 is 22.6 Å². The molecule has 0 aromatic heterocycles. The zero-order chi connectivity index (χ0) is 17.8. The van der Waals surface area contributed by atoms with Crippen molar-refractivity contribution in [3.8, 4) is 5.75 Å². The third-order valence-electron chi connectivity index (χ3n) is 3.98. The van der Waals surface area contributed by atoms with Gasteiger partial charge in [-0.15, -0.1) is 0 Å². The summed E-state index contributed by atoms with van der Waals surface area (Å²) in [5.74, 6) is 2.06. The van der Waals surface area contributed by atoms with Crippen molar-refractivity contribution in [3.05, 3.63) is 29.8 Å². The topological polar surface area (TPSA) is 18.5 Å². The van der Waals surface area contributed by atoms with Gasteiger partial charge in [0.05, 0.1) is 0 Å². The molecular weight excluding hydrogens is 399 g/mol. The highest BCUT2D eigenvalue weighted by molar-refractivity contribution is 14.1. The van der Waals surface area contributed by atoms with Gasteiger partial charge in [0, 0.05) is 15.9 Å². The lowest BCUT2D eigenvalue weighted by molar-refractivity contribution is -0.120. The minimum absolute atomic E-state index is 0.0564. The second kappa shape index (κ2) is 8.19. The highest BCUT2D eigenvalue weighted by Crippen LogP contribution is 2.37. The first-order chi connectivity index (χ1) is 10.4. The van der Waals surface area contributed by atoms with Gasteiger partial charge in [0.25, 0.3) is 0 Å². The monoisotopic (exact) mass is 432 g/mol. The Morgan fingerprint density at radius 2 is 1.52 bits per heavy atom. The number of alkyl halides is 1. The summed E-state index contributed by atoms with van der Waals surface area (Å²) in [5, 5.41) is 0. The molecule has 0 aliphatic rings. The molecule has 0 radical (unpaired) electrons. The summed E-state index contributed by atoms with van der Waals surface area (Å²) < 4.78 is 11.8. The van der Waals surface area contributed by atoms with Gasteiger partial charge in [0.15, 0.2) is 0 Å². The molecule has 0 N–H and O–H groups in total. The zero-order valence-corrected chi connectivity index (χ0v) is 18.1. The maximum Gasteiger partial charge on any atom is 0.204 e. The molecule has 0 bridgehead atoms. The highest BCUT2D eigenvalue weighted by atomic mass is 127. The summed E-state index contributed by atoms with van der Waals surface area (Å²) >= 11 is 2.55. The molecule has 2 atom stereocenters. The Hall–Kier alpha value is -0.290. The standard InChI is InChI=1S/C20H33IO2/c1-14(2)17(13-20(6,7)21)15-9-11-16(12-10-15)23-18(22-8)19(3,4)5/h9-12,14,17-18H,13H2,1-8H3. The molecule has 2 unspecified atom stereocenters. The molecule has 23 heavy (non-hydrogen) atoms. The number of methoxy groups -OCH3 is 1. The molecule has 0 heterocycles. The quantitative estimate of drug-likeness (QED) is 0.281.